The van der Waals surface area contributed by atoms with Crippen molar-refractivity contribution in [2.45, 2.75) is 12.3 Å². The molecule has 0 fully saturated rings. The van der Waals surface area contributed by atoms with Gasteiger partial charge in [0.05, 0.1) is 27.9 Å². The van der Waals surface area contributed by atoms with Crippen molar-refractivity contribution in [3.8, 4) is 0 Å². The van der Waals surface area contributed by atoms with Crippen molar-refractivity contribution in [1.29, 1.82) is 0 Å². The Morgan fingerprint density at radius 1 is 1.18 bits per heavy atom. The SMILES string of the molecule is O=C1CCN=C2C1=Nc1occc1C2c1ccc(Cl)c(Cl)c1. The van der Waals surface area contributed by atoms with Crippen molar-refractivity contribution in [2.24, 2.45) is 9.98 Å². The summed E-state index contributed by atoms with van der Waals surface area (Å²) in [4.78, 5) is 21.0. The quantitative estimate of drug-likeness (QED) is 0.785. The number of rotatable bonds is 1. The second-order valence-electron chi connectivity index (χ2n) is 5.19. The molecule has 2 aliphatic heterocycles. The summed E-state index contributed by atoms with van der Waals surface area (Å²) in [5.74, 6) is 0.248. The second-order valence-corrected chi connectivity index (χ2v) is 6.00. The van der Waals surface area contributed by atoms with E-state index in [1.807, 2.05) is 12.1 Å². The summed E-state index contributed by atoms with van der Waals surface area (Å²) in [6.07, 6.45) is 1.95. The fraction of sp³-hybridized carbons (Fsp3) is 0.188. The molecule has 4 rings (SSSR count). The lowest BCUT2D eigenvalue weighted by Gasteiger charge is -2.26. The molecule has 2 aliphatic rings. The predicted octanol–water partition coefficient (Wildman–Crippen LogP) is 4.22. The molecule has 0 bridgehead atoms. The van der Waals surface area contributed by atoms with E-state index in [1.165, 1.54) is 0 Å². The van der Waals surface area contributed by atoms with E-state index < -0.39 is 0 Å². The van der Waals surface area contributed by atoms with Gasteiger partial charge in [-0.2, -0.15) is 0 Å². The molecule has 0 amide bonds. The maximum Gasteiger partial charge on any atom is 0.223 e. The number of furan rings is 1. The van der Waals surface area contributed by atoms with Gasteiger partial charge in [-0.25, -0.2) is 4.99 Å². The van der Waals surface area contributed by atoms with Gasteiger partial charge in [-0.05, 0) is 23.8 Å². The monoisotopic (exact) mass is 332 g/mol. The highest BCUT2D eigenvalue weighted by molar-refractivity contribution is 6.70. The highest BCUT2D eigenvalue weighted by Crippen LogP contribution is 2.40. The molecule has 0 aliphatic carbocycles. The molecule has 1 atom stereocenters. The van der Waals surface area contributed by atoms with Gasteiger partial charge in [-0.15, -0.1) is 0 Å². The maximum absolute atomic E-state index is 12.2. The number of fused-ring (bicyclic) bond motifs is 2. The first-order chi connectivity index (χ1) is 10.6. The molecular weight excluding hydrogens is 323 g/mol. The average molecular weight is 333 g/mol. The Balaban J connectivity index is 1.94. The summed E-state index contributed by atoms with van der Waals surface area (Å²) in [5.41, 5.74) is 2.88. The van der Waals surface area contributed by atoms with Crippen LogP contribution in [0.15, 0.2) is 44.9 Å². The molecule has 0 radical (unpaired) electrons. The molecule has 110 valence electrons. The molecule has 0 saturated carbocycles. The smallest absolute Gasteiger partial charge is 0.223 e. The second kappa shape index (κ2) is 5.07. The van der Waals surface area contributed by atoms with Gasteiger partial charge in [0.25, 0.3) is 0 Å². The van der Waals surface area contributed by atoms with Crippen LogP contribution in [-0.2, 0) is 4.79 Å². The van der Waals surface area contributed by atoms with E-state index >= 15 is 0 Å². The number of hydrogen-bond acceptors (Lipinski definition) is 4. The largest absolute Gasteiger partial charge is 0.446 e. The van der Waals surface area contributed by atoms with Gasteiger partial charge in [0.15, 0.2) is 5.78 Å². The first-order valence-electron chi connectivity index (χ1n) is 6.84. The minimum atomic E-state index is -0.208. The molecule has 1 unspecified atom stereocenters. The number of Topliss-reactive ketones (excluding diaryl/α,β-unsaturated/α-hetero) is 1. The van der Waals surface area contributed by atoms with Crippen LogP contribution in [-0.4, -0.2) is 23.8 Å². The molecule has 0 spiro atoms. The number of halogens is 2. The van der Waals surface area contributed by atoms with E-state index in [-0.39, 0.29) is 11.7 Å². The summed E-state index contributed by atoms with van der Waals surface area (Å²) in [6.45, 7) is 0.484. The number of nitrogens with zero attached hydrogens (tertiary/aromatic N) is 2. The molecule has 1 aromatic heterocycles. The molecular formula is C16H10Cl2N2O2. The van der Waals surface area contributed by atoms with Crippen molar-refractivity contribution in [3.05, 3.63) is 51.7 Å². The number of hydrogen-bond donors (Lipinski definition) is 0. The molecule has 2 aromatic rings. The van der Waals surface area contributed by atoms with Crippen LogP contribution in [0.4, 0.5) is 5.88 Å². The topological polar surface area (TPSA) is 54.9 Å². The first kappa shape index (κ1) is 13.7. The minimum Gasteiger partial charge on any atom is -0.446 e. The number of aliphatic imine (C=N–C) groups is 2. The summed E-state index contributed by atoms with van der Waals surface area (Å²) >= 11 is 12.1. The zero-order valence-electron chi connectivity index (χ0n) is 11.3. The third-order valence-electron chi connectivity index (χ3n) is 3.88. The fourth-order valence-electron chi connectivity index (χ4n) is 2.86. The van der Waals surface area contributed by atoms with Crippen LogP contribution in [0.1, 0.15) is 23.5 Å². The number of carbonyl (C=O) groups is 1. The van der Waals surface area contributed by atoms with Crippen molar-refractivity contribution in [1.82, 2.24) is 0 Å². The Labute approximate surface area is 136 Å². The molecule has 4 nitrogen and oxygen atoms in total. The van der Waals surface area contributed by atoms with Gasteiger partial charge in [-0.3, -0.25) is 9.79 Å². The molecule has 3 heterocycles. The highest BCUT2D eigenvalue weighted by atomic mass is 35.5. The molecule has 6 heteroatoms. The third-order valence-corrected chi connectivity index (χ3v) is 4.62. The normalized spacial score (nSPS) is 20.1. The van der Waals surface area contributed by atoms with Crippen LogP contribution < -0.4 is 0 Å². The van der Waals surface area contributed by atoms with Crippen LogP contribution in [0.3, 0.4) is 0 Å². The van der Waals surface area contributed by atoms with Crippen LogP contribution >= 0.6 is 23.2 Å². The van der Waals surface area contributed by atoms with Crippen LogP contribution in [0, 0.1) is 0 Å². The highest BCUT2D eigenvalue weighted by Gasteiger charge is 2.37. The summed E-state index contributed by atoms with van der Waals surface area (Å²) in [6, 6.07) is 7.29. The van der Waals surface area contributed by atoms with Gasteiger partial charge in [0.1, 0.15) is 5.71 Å². The van der Waals surface area contributed by atoms with Gasteiger partial charge < -0.3 is 4.42 Å². The van der Waals surface area contributed by atoms with Crippen molar-refractivity contribution in [3.63, 3.8) is 0 Å². The Morgan fingerprint density at radius 2 is 2.05 bits per heavy atom. The predicted molar refractivity (Wildman–Crippen MR) is 86.0 cm³/mol. The lowest BCUT2D eigenvalue weighted by Crippen LogP contribution is -2.35. The summed E-state index contributed by atoms with van der Waals surface area (Å²) in [7, 11) is 0. The fourth-order valence-corrected chi connectivity index (χ4v) is 3.17. The van der Waals surface area contributed by atoms with Gasteiger partial charge >= 0.3 is 0 Å². The Kier molecular flexibility index (Phi) is 3.17. The van der Waals surface area contributed by atoms with Crippen LogP contribution in [0.2, 0.25) is 10.0 Å². The van der Waals surface area contributed by atoms with Gasteiger partial charge in [0, 0.05) is 18.5 Å². The molecule has 0 N–H and O–H groups in total. The van der Waals surface area contributed by atoms with Crippen LogP contribution in [0.25, 0.3) is 0 Å². The summed E-state index contributed by atoms with van der Waals surface area (Å²) < 4.78 is 5.41. The Morgan fingerprint density at radius 3 is 2.86 bits per heavy atom. The summed E-state index contributed by atoms with van der Waals surface area (Å²) in [5, 5.41) is 0.959. The van der Waals surface area contributed by atoms with E-state index in [0.717, 1.165) is 11.1 Å². The van der Waals surface area contributed by atoms with Crippen molar-refractivity contribution < 1.29 is 9.21 Å². The van der Waals surface area contributed by atoms with Crippen molar-refractivity contribution >= 4 is 46.3 Å². The van der Waals surface area contributed by atoms with Gasteiger partial charge in [-0.1, -0.05) is 29.3 Å². The van der Waals surface area contributed by atoms with Crippen molar-refractivity contribution in [2.75, 3.05) is 6.54 Å². The van der Waals surface area contributed by atoms with Crippen LogP contribution in [0.5, 0.6) is 0 Å². The van der Waals surface area contributed by atoms with E-state index in [1.54, 1.807) is 18.4 Å². The maximum atomic E-state index is 12.2. The number of carbonyl (C=O) groups excluding carboxylic acids is 1. The average Bonchev–Trinajstić information content (AvgIpc) is 2.97. The standard InChI is InChI=1S/C16H10Cl2N2O2/c17-10-2-1-8(7-11(10)18)13-9-4-6-22-16(9)20-14-12(21)3-5-19-15(13)14/h1-2,4,6-7,13H,3,5H2. The molecule has 0 saturated heterocycles. The zero-order valence-corrected chi connectivity index (χ0v) is 12.9. The lowest BCUT2D eigenvalue weighted by molar-refractivity contribution is -0.112. The van der Waals surface area contributed by atoms with Gasteiger partial charge in [0.2, 0.25) is 5.88 Å². The first-order valence-corrected chi connectivity index (χ1v) is 7.59. The molecule has 1 aromatic carbocycles. The number of benzene rings is 1. The lowest BCUT2D eigenvalue weighted by atomic mass is 9.82. The minimum absolute atomic E-state index is 0.00268. The van der Waals surface area contributed by atoms with E-state index in [4.69, 9.17) is 27.6 Å². The Bertz CT molecular complexity index is 852. The zero-order chi connectivity index (χ0) is 15.3. The van der Waals surface area contributed by atoms with E-state index in [2.05, 4.69) is 9.98 Å². The van der Waals surface area contributed by atoms with E-state index in [9.17, 15) is 4.79 Å². The Hall–Kier alpha value is -1.91. The van der Waals surface area contributed by atoms with E-state index in [0.29, 0.717) is 40.3 Å². The number of ketones is 1. The third kappa shape index (κ3) is 2.02. The molecule has 22 heavy (non-hydrogen) atoms.